The number of benzene rings is 1. The zero-order valence-electron chi connectivity index (χ0n) is 15.3. The van der Waals surface area contributed by atoms with Gasteiger partial charge in [0, 0.05) is 32.7 Å². The molecule has 1 heterocycles. The van der Waals surface area contributed by atoms with Crippen molar-refractivity contribution in [1.82, 2.24) is 15.5 Å². The summed E-state index contributed by atoms with van der Waals surface area (Å²) in [7, 11) is 2.97. The van der Waals surface area contributed by atoms with E-state index in [1.807, 2.05) is 0 Å². The van der Waals surface area contributed by atoms with E-state index in [2.05, 4.69) is 10.6 Å². The summed E-state index contributed by atoms with van der Waals surface area (Å²) in [6.07, 6.45) is -4.43. The van der Waals surface area contributed by atoms with Crippen LogP contribution in [0.1, 0.15) is 5.56 Å². The summed E-state index contributed by atoms with van der Waals surface area (Å²) in [5.41, 5.74) is 0.630. The molecule has 10 heteroatoms. The van der Waals surface area contributed by atoms with Gasteiger partial charge in [0.1, 0.15) is 6.04 Å². The highest BCUT2D eigenvalue weighted by molar-refractivity contribution is 5.85. The molecule has 1 amide bonds. The number of nitrogens with zero attached hydrogens (tertiary/aromatic N) is 1. The summed E-state index contributed by atoms with van der Waals surface area (Å²) in [6, 6.07) is 3.29. The fraction of sp³-hybridized carbons (Fsp3) is 0.588. The van der Waals surface area contributed by atoms with Gasteiger partial charge in [-0.1, -0.05) is 6.07 Å². The quantitative estimate of drug-likeness (QED) is 0.714. The van der Waals surface area contributed by atoms with E-state index < -0.39 is 24.7 Å². The standard InChI is InChI=1S/C17H24F3N3O3.ClH/c1-25-13-4-3-12(9-14(13)26-2)10-16(24)22-11-15(17(18,19)20)23-7-5-21-6-8-23;/h3-4,9,15,21H,5-8,10-11H2,1-2H3,(H,22,24);1H. The van der Waals surface area contributed by atoms with E-state index in [1.54, 1.807) is 18.2 Å². The van der Waals surface area contributed by atoms with Gasteiger partial charge in [-0.3, -0.25) is 9.69 Å². The molecule has 1 aromatic carbocycles. The third-order valence-electron chi connectivity index (χ3n) is 4.28. The number of amides is 1. The SMILES string of the molecule is COc1ccc(CC(=O)NCC(N2CCNCC2)C(F)(F)F)cc1OC.Cl. The number of carbonyl (C=O) groups excluding carboxylic acids is 1. The molecule has 0 radical (unpaired) electrons. The molecule has 1 fully saturated rings. The molecular weight excluding hydrogens is 387 g/mol. The Bertz CT molecular complexity index is 611. The first kappa shape index (κ1) is 23.3. The highest BCUT2D eigenvalue weighted by Gasteiger charge is 2.43. The Morgan fingerprint density at radius 2 is 1.85 bits per heavy atom. The minimum atomic E-state index is -4.39. The van der Waals surface area contributed by atoms with Crippen molar-refractivity contribution in [3.8, 4) is 11.5 Å². The van der Waals surface area contributed by atoms with Crippen LogP contribution >= 0.6 is 12.4 Å². The number of ether oxygens (including phenoxy) is 2. The lowest BCUT2D eigenvalue weighted by atomic mass is 10.1. The van der Waals surface area contributed by atoms with Crippen LogP contribution in [-0.2, 0) is 11.2 Å². The fourth-order valence-electron chi connectivity index (χ4n) is 2.89. The molecule has 0 bridgehead atoms. The van der Waals surface area contributed by atoms with Gasteiger partial charge in [-0.2, -0.15) is 13.2 Å². The van der Waals surface area contributed by atoms with E-state index in [0.29, 0.717) is 43.2 Å². The van der Waals surface area contributed by atoms with Gasteiger partial charge < -0.3 is 20.1 Å². The molecule has 2 rings (SSSR count). The van der Waals surface area contributed by atoms with E-state index in [-0.39, 0.29) is 18.8 Å². The summed E-state index contributed by atoms with van der Waals surface area (Å²) in [5.74, 6) is 0.515. The van der Waals surface area contributed by atoms with Crippen molar-refractivity contribution in [2.24, 2.45) is 0 Å². The molecule has 1 aromatic rings. The molecule has 0 saturated carbocycles. The van der Waals surface area contributed by atoms with Gasteiger partial charge in [0.15, 0.2) is 11.5 Å². The number of hydrogen-bond acceptors (Lipinski definition) is 5. The Kier molecular flexibility index (Phi) is 9.14. The first-order valence-corrected chi connectivity index (χ1v) is 8.34. The minimum absolute atomic E-state index is 0. The maximum Gasteiger partial charge on any atom is 0.405 e. The second-order valence-electron chi connectivity index (χ2n) is 6.01. The third kappa shape index (κ3) is 6.75. The maximum atomic E-state index is 13.3. The Labute approximate surface area is 162 Å². The van der Waals surface area contributed by atoms with Crippen LogP contribution in [0, 0.1) is 0 Å². The molecule has 1 atom stereocenters. The zero-order valence-corrected chi connectivity index (χ0v) is 16.1. The molecular formula is C17H25ClF3N3O3. The Hall–Kier alpha value is -1.71. The molecule has 0 aliphatic carbocycles. The van der Waals surface area contributed by atoms with Crippen LogP contribution in [0.2, 0.25) is 0 Å². The van der Waals surface area contributed by atoms with Crippen molar-refractivity contribution in [1.29, 1.82) is 0 Å². The van der Waals surface area contributed by atoms with E-state index in [4.69, 9.17) is 9.47 Å². The van der Waals surface area contributed by atoms with E-state index in [1.165, 1.54) is 19.1 Å². The Morgan fingerprint density at radius 3 is 2.41 bits per heavy atom. The highest BCUT2D eigenvalue weighted by atomic mass is 35.5. The fourth-order valence-corrected chi connectivity index (χ4v) is 2.89. The van der Waals surface area contributed by atoms with Gasteiger partial charge in [-0.05, 0) is 17.7 Å². The van der Waals surface area contributed by atoms with Crippen molar-refractivity contribution in [3.63, 3.8) is 0 Å². The van der Waals surface area contributed by atoms with Crippen LogP contribution in [-0.4, -0.2) is 70.0 Å². The lowest BCUT2D eigenvalue weighted by Gasteiger charge is -2.35. The molecule has 2 N–H and O–H groups in total. The molecule has 6 nitrogen and oxygen atoms in total. The van der Waals surface area contributed by atoms with Crippen LogP contribution in [0.15, 0.2) is 18.2 Å². The topological polar surface area (TPSA) is 62.8 Å². The minimum Gasteiger partial charge on any atom is -0.493 e. The van der Waals surface area contributed by atoms with Crippen LogP contribution < -0.4 is 20.1 Å². The molecule has 0 aromatic heterocycles. The smallest absolute Gasteiger partial charge is 0.405 e. The average Bonchev–Trinajstić information content (AvgIpc) is 2.61. The van der Waals surface area contributed by atoms with Crippen LogP contribution in [0.25, 0.3) is 0 Å². The normalized spacial score (nSPS) is 16.2. The number of rotatable bonds is 7. The van der Waals surface area contributed by atoms with Crippen molar-refractivity contribution in [3.05, 3.63) is 23.8 Å². The Morgan fingerprint density at radius 1 is 1.22 bits per heavy atom. The summed E-state index contributed by atoms with van der Waals surface area (Å²) in [5, 5.41) is 5.43. The number of hydrogen-bond donors (Lipinski definition) is 2. The molecule has 1 saturated heterocycles. The van der Waals surface area contributed by atoms with E-state index >= 15 is 0 Å². The second-order valence-corrected chi connectivity index (χ2v) is 6.01. The lowest BCUT2D eigenvalue weighted by molar-refractivity contribution is -0.184. The molecule has 1 aliphatic heterocycles. The highest BCUT2D eigenvalue weighted by Crippen LogP contribution is 2.28. The van der Waals surface area contributed by atoms with Gasteiger partial charge in [-0.25, -0.2) is 0 Å². The van der Waals surface area contributed by atoms with Crippen molar-refractivity contribution >= 4 is 18.3 Å². The van der Waals surface area contributed by atoms with Crippen LogP contribution in [0.5, 0.6) is 11.5 Å². The van der Waals surface area contributed by atoms with Crippen molar-refractivity contribution in [2.75, 3.05) is 46.9 Å². The largest absolute Gasteiger partial charge is 0.493 e. The molecule has 0 spiro atoms. The average molecular weight is 412 g/mol. The number of piperazine rings is 1. The molecule has 27 heavy (non-hydrogen) atoms. The van der Waals surface area contributed by atoms with Crippen molar-refractivity contribution in [2.45, 2.75) is 18.6 Å². The van der Waals surface area contributed by atoms with E-state index in [0.717, 1.165) is 0 Å². The first-order chi connectivity index (χ1) is 12.3. The predicted molar refractivity (Wildman–Crippen MR) is 97.8 cm³/mol. The van der Waals surface area contributed by atoms with Gasteiger partial charge in [0.05, 0.1) is 20.6 Å². The number of carbonyl (C=O) groups is 1. The van der Waals surface area contributed by atoms with Crippen LogP contribution in [0.3, 0.4) is 0 Å². The van der Waals surface area contributed by atoms with Gasteiger partial charge >= 0.3 is 6.18 Å². The van der Waals surface area contributed by atoms with Crippen molar-refractivity contribution < 1.29 is 27.4 Å². The second kappa shape index (κ2) is 10.6. The lowest BCUT2D eigenvalue weighted by Crippen LogP contribution is -2.57. The van der Waals surface area contributed by atoms with E-state index in [9.17, 15) is 18.0 Å². The number of nitrogens with one attached hydrogen (secondary N) is 2. The molecule has 1 aliphatic rings. The van der Waals surface area contributed by atoms with Gasteiger partial charge in [0.25, 0.3) is 0 Å². The first-order valence-electron chi connectivity index (χ1n) is 8.34. The summed E-state index contributed by atoms with van der Waals surface area (Å²) < 4.78 is 50.2. The zero-order chi connectivity index (χ0) is 19.2. The predicted octanol–water partition coefficient (Wildman–Crippen LogP) is 1.62. The monoisotopic (exact) mass is 411 g/mol. The van der Waals surface area contributed by atoms with Crippen LogP contribution in [0.4, 0.5) is 13.2 Å². The number of halogens is 4. The Balaban J connectivity index is 0.00000364. The molecule has 1 unspecified atom stereocenters. The van der Waals surface area contributed by atoms with Gasteiger partial charge in [0.2, 0.25) is 5.91 Å². The maximum absolute atomic E-state index is 13.3. The summed E-state index contributed by atoms with van der Waals surface area (Å²) in [4.78, 5) is 13.5. The third-order valence-corrected chi connectivity index (χ3v) is 4.28. The summed E-state index contributed by atoms with van der Waals surface area (Å²) >= 11 is 0. The van der Waals surface area contributed by atoms with Gasteiger partial charge in [-0.15, -0.1) is 12.4 Å². The number of alkyl halides is 3. The molecule has 154 valence electrons. The summed E-state index contributed by atoms with van der Waals surface area (Å²) in [6.45, 7) is 1.15. The number of methoxy groups -OCH3 is 2.